The summed E-state index contributed by atoms with van der Waals surface area (Å²) in [5.74, 6) is 0.919. The van der Waals surface area contributed by atoms with Gasteiger partial charge in [-0.2, -0.15) is 0 Å². The third-order valence-electron chi connectivity index (χ3n) is 4.67. The van der Waals surface area contributed by atoms with Gasteiger partial charge in [-0.05, 0) is 50.3 Å². The number of hydrogen-bond acceptors (Lipinski definition) is 2. The number of fused-ring (bicyclic) bond motifs is 1. The highest BCUT2D eigenvalue weighted by atomic mass is 35.5. The van der Waals surface area contributed by atoms with Crippen molar-refractivity contribution in [3.8, 4) is 0 Å². The van der Waals surface area contributed by atoms with Crippen molar-refractivity contribution in [2.24, 2.45) is 5.92 Å². The van der Waals surface area contributed by atoms with Crippen molar-refractivity contribution in [3.63, 3.8) is 0 Å². The summed E-state index contributed by atoms with van der Waals surface area (Å²) in [5.41, 5.74) is 1.81. The Bertz CT molecular complexity index is 500. The third kappa shape index (κ3) is 2.38. The number of carbonyl (C=O) groups is 1. The minimum atomic E-state index is 0.0745. The molecule has 1 aromatic rings. The Morgan fingerprint density at radius 3 is 2.79 bits per heavy atom. The van der Waals surface area contributed by atoms with Gasteiger partial charge in [-0.3, -0.25) is 4.79 Å². The van der Waals surface area contributed by atoms with Crippen LogP contribution >= 0.6 is 11.6 Å². The minimum absolute atomic E-state index is 0.0745. The molecule has 0 bridgehead atoms. The molecule has 1 heterocycles. The van der Waals surface area contributed by atoms with Gasteiger partial charge in [0, 0.05) is 18.2 Å². The molecule has 1 aliphatic carbocycles. The first kappa shape index (κ1) is 13.0. The minimum Gasteiger partial charge on any atom is -0.367 e. The second kappa shape index (κ2) is 5.16. The van der Waals surface area contributed by atoms with E-state index in [4.69, 9.17) is 11.6 Å². The van der Waals surface area contributed by atoms with E-state index in [0.717, 1.165) is 23.2 Å². The van der Waals surface area contributed by atoms with E-state index >= 15 is 0 Å². The number of hydrogen-bond donors (Lipinski definition) is 0. The average Bonchev–Trinajstić information content (AvgIpc) is 2.82. The molecule has 1 aromatic carbocycles. The van der Waals surface area contributed by atoms with Gasteiger partial charge in [0.15, 0.2) is 5.78 Å². The summed E-state index contributed by atoms with van der Waals surface area (Å²) in [6.07, 6.45) is 6.65. The summed E-state index contributed by atoms with van der Waals surface area (Å²) in [4.78, 5) is 13.9. The zero-order valence-corrected chi connectivity index (χ0v) is 12.1. The van der Waals surface area contributed by atoms with Gasteiger partial charge in [0.25, 0.3) is 0 Å². The maximum atomic E-state index is 11.4. The molecule has 2 unspecified atom stereocenters. The number of anilines is 1. The molecular weight excluding hydrogens is 258 g/mol. The van der Waals surface area contributed by atoms with Crippen LogP contribution in [0.4, 0.5) is 5.69 Å². The Hall–Kier alpha value is -1.02. The summed E-state index contributed by atoms with van der Waals surface area (Å²) >= 11 is 6.39. The number of halogens is 1. The largest absolute Gasteiger partial charge is 0.367 e. The predicted octanol–water partition coefficient (Wildman–Crippen LogP) is 4.31. The summed E-state index contributed by atoms with van der Waals surface area (Å²) in [7, 11) is 0. The maximum absolute atomic E-state index is 11.4. The van der Waals surface area contributed by atoms with E-state index in [9.17, 15) is 4.79 Å². The van der Waals surface area contributed by atoms with E-state index in [2.05, 4.69) is 4.90 Å². The van der Waals surface area contributed by atoms with Crippen LogP contribution < -0.4 is 4.90 Å². The van der Waals surface area contributed by atoms with Crippen molar-refractivity contribution in [2.75, 3.05) is 11.4 Å². The maximum Gasteiger partial charge on any atom is 0.159 e. The third-order valence-corrected chi connectivity index (χ3v) is 4.98. The molecular formula is C16H20ClNO. The molecule has 2 atom stereocenters. The van der Waals surface area contributed by atoms with Gasteiger partial charge in [-0.1, -0.05) is 24.4 Å². The van der Waals surface area contributed by atoms with Crippen LogP contribution in [0.2, 0.25) is 5.02 Å². The second-order valence-corrected chi connectivity index (χ2v) is 6.22. The van der Waals surface area contributed by atoms with Crippen LogP contribution in [0.3, 0.4) is 0 Å². The SMILES string of the molecule is CC(=O)c1ccc(N2CCC3CCCCC32)c(Cl)c1. The Balaban J connectivity index is 1.88. The Labute approximate surface area is 119 Å². The highest BCUT2D eigenvalue weighted by molar-refractivity contribution is 6.33. The van der Waals surface area contributed by atoms with Crippen molar-refractivity contribution in [1.82, 2.24) is 0 Å². The van der Waals surface area contributed by atoms with Gasteiger partial charge >= 0.3 is 0 Å². The average molecular weight is 278 g/mol. The molecule has 1 saturated heterocycles. The molecule has 2 nitrogen and oxygen atoms in total. The van der Waals surface area contributed by atoms with Crippen LogP contribution in [0.15, 0.2) is 18.2 Å². The Morgan fingerprint density at radius 2 is 2.05 bits per heavy atom. The van der Waals surface area contributed by atoms with E-state index in [0.29, 0.717) is 11.6 Å². The molecule has 0 aromatic heterocycles. The molecule has 3 heteroatoms. The lowest BCUT2D eigenvalue weighted by Gasteiger charge is -2.33. The van der Waals surface area contributed by atoms with Gasteiger partial charge in [-0.15, -0.1) is 0 Å². The van der Waals surface area contributed by atoms with E-state index < -0.39 is 0 Å². The molecule has 1 aliphatic heterocycles. The van der Waals surface area contributed by atoms with Crippen molar-refractivity contribution in [3.05, 3.63) is 28.8 Å². The summed E-state index contributed by atoms with van der Waals surface area (Å²) in [6.45, 7) is 2.69. The van der Waals surface area contributed by atoms with Gasteiger partial charge < -0.3 is 4.90 Å². The van der Waals surface area contributed by atoms with Crippen LogP contribution in [0.5, 0.6) is 0 Å². The lowest BCUT2D eigenvalue weighted by molar-refractivity contribution is 0.101. The number of carbonyl (C=O) groups excluding carboxylic acids is 1. The van der Waals surface area contributed by atoms with Gasteiger partial charge in [0.2, 0.25) is 0 Å². The zero-order valence-electron chi connectivity index (χ0n) is 11.4. The number of benzene rings is 1. The number of nitrogens with zero attached hydrogens (tertiary/aromatic N) is 1. The summed E-state index contributed by atoms with van der Waals surface area (Å²) in [6, 6.07) is 6.40. The van der Waals surface area contributed by atoms with E-state index in [1.807, 2.05) is 18.2 Å². The molecule has 2 aliphatic rings. The highest BCUT2D eigenvalue weighted by Gasteiger charge is 2.36. The van der Waals surface area contributed by atoms with Crippen molar-refractivity contribution in [1.29, 1.82) is 0 Å². The first-order chi connectivity index (χ1) is 9.16. The van der Waals surface area contributed by atoms with Crippen molar-refractivity contribution in [2.45, 2.75) is 45.1 Å². The Morgan fingerprint density at radius 1 is 1.26 bits per heavy atom. The van der Waals surface area contributed by atoms with Crippen molar-refractivity contribution < 1.29 is 4.79 Å². The lowest BCUT2D eigenvalue weighted by atomic mass is 9.85. The molecule has 3 rings (SSSR count). The second-order valence-electron chi connectivity index (χ2n) is 5.82. The summed E-state index contributed by atoms with van der Waals surface area (Å²) < 4.78 is 0. The molecule has 2 fully saturated rings. The van der Waals surface area contributed by atoms with E-state index in [1.54, 1.807) is 6.92 Å². The van der Waals surface area contributed by atoms with E-state index in [1.165, 1.54) is 32.1 Å². The first-order valence-corrected chi connectivity index (χ1v) is 7.62. The Kier molecular flexibility index (Phi) is 3.53. The van der Waals surface area contributed by atoms with E-state index in [-0.39, 0.29) is 5.78 Å². The standard InChI is InChI=1S/C16H20ClNO/c1-11(19)13-6-7-16(14(17)10-13)18-9-8-12-4-2-3-5-15(12)18/h6-7,10,12,15H,2-5,8-9H2,1H3. The molecule has 102 valence electrons. The predicted molar refractivity (Wildman–Crippen MR) is 79.2 cm³/mol. The van der Waals surface area contributed by atoms with Crippen LogP contribution in [0, 0.1) is 5.92 Å². The smallest absolute Gasteiger partial charge is 0.159 e. The van der Waals surface area contributed by atoms with Crippen LogP contribution in [-0.2, 0) is 0 Å². The normalized spacial score (nSPS) is 26.3. The van der Waals surface area contributed by atoms with Crippen LogP contribution in [-0.4, -0.2) is 18.4 Å². The monoisotopic (exact) mass is 277 g/mol. The molecule has 0 N–H and O–H groups in total. The molecule has 0 amide bonds. The van der Waals surface area contributed by atoms with Gasteiger partial charge in [0.05, 0.1) is 10.7 Å². The molecule has 1 saturated carbocycles. The first-order valence-electron chi connectivity index (χ1n) is 7.24. The lowest BCUT2D eigenvalue weighted by Crippen LogP contribution is -2.34. The fourth-order valence-electron chi connectivity index (χ4n) is 3.66. The number of Topliss-reactive ketones (excluding diaryl/α,β-unsaturated/α-hetero) is 1. The van der Waals surface area contributed by atoms with Crippen molar-refractivity contribution >= 4 is 23.1 Å². The number of rotatable bonds is 2. The zero-order chi connectivity index (χ0) is 13.4. The quantitative estimate of drug-likeness (QED) is 0.751. The molecule has 0 radical (unpaired) electrons. The van der Waals surface area contributed by atoms with Gasteiger partial charge in [-0.25, -0.2) is 0 Å². The summed E-state index contributed by atoms with van der Waals surface area (Å²) in [5, 5.41) is 0.721. The topological polar surface area (TPSA) is 20.3 Å². The fourth-order valence-corrected chi connectivity index (χ4v) is 3.95. The van der Waals surface area contributed by atoms with Gasteiger partial charge in [0.1, 0.15) is 0 Å². The molecule has 19 heavy (non-hydrogen) atoms. The molecule has 0 spiro atoms. The van der Waals surface area contributed by atoms with Crippen LogP contribution in [0.1, 0.15) is 49.4 Å². The number of ketones is 1. The highest BCUT2D eigenvalue weighted by Crippen LogP contribution is 2.41. The fraction of sp³-hybridized carbons (Fsp3) is 0.562. The van der Waals surface area contributed by atoms with Crippen LogP contribution in [0.25, 0.3) is 0 Å².